The number of carbonyl (C=O) groups is 1. The number of halogens is 1. The molecule has 0 N–H and O–H groups in total. The molecular formula is C34H37ClN6O6S. The van der Waals surface area contributed by atoms with Gasteiger partial charge < -0.3 is 18.8 Å². The van der Waals surface area contributed by atoms with Crippen LogP contribution in [0, 0.1) is 0 Å². The number of aromatic nitrogens is 2. The summed E-state index contributed by atoms with van der Waals surface area (Å²) in [5, 5.41) is 0.349. The maximum Gasteiger partial charge on any atom is 0.271 e. The highest BCUT2D eigenvalue weighted by Crippen LogP contribution is 2.56. The second-order valence-electron chi connectivity index (χ2n) is 12.3. The second kappa shape index (κ2) is 12.8. The Balaban J connectivity index is 1.46. The summed E-state index contributed by atoms with van der Waals surface area (Å²) < 4.78 is 47.0. The van der Waals surface area contributed by atoms with E-state index < -0.39 is 27.5 Å². The minimum atomic E-state index is -4.43. The standard InChI is InChI=1S/C34H37ClN6O6S/c1-38-14-16-39(17-15-38)22-23-19-28(31(46-3)37-21-23)34(40-13-4-5-30(40)32-36-12-18-47-32)27-20-24(35)6-11-29(27)41(33(34)42)48(43,44)26-9-7-25(45-2)8-10-26/h6-12,18-21,30H,4-5,13-17,22H2,1-3H3. The zero-order valence-electron chi connectivity index (χ0n) is 27.0. The van der Waals surface area contributed by atoms with E-state index in [1.807, 2.05) is 11.0 Å². The average Bonchev–Trinajstić information content (AvgIpc) is 3.85. The topological polar surface area (TPSA) is 122 Å². The summed E-state index contributed by atoms with van der Waals surface area (Å²) in [5.41, 5.74) is 0.189. The first kappa shape index (κ1) is 32.5. The third kappa shape index (κ3) is 5.34. The molecule has 5 heterocycles. The molecule has 2 atom stereocenters. The number of amides is 1. The van der Waals surface area contributed by atoms with Crippen molar-refractivity contribution in [2.24, 2.45) is 0 Å². The van der Waals surface area contributed by atoms with Crippen molar-refractivity contribution in [1.29, 1.82) is 0 Å². The van der Waals surface area contributed by atoms with E-state index in [0.29, 0.717) is 53.7 Å². The summed E-state index contributed by atoms with van der Waals surface area (Å²) in [7, 11) is 0.675. The fraction of sp³-hybridized carbons (Fsp3) is 0.382. The summed E-state index contributed by atoms with van der Waals surface area (Å²) >= 11 is 6.69. The Morgan fingerprint density at radius 3 is 2.44 bits per heavy atom. The highest BCUT2D eigenvalue weighted by atomic mass is 35.5. The third-order valence-corrected chi connectivity index (χ3v) is 11.5. The van der Waals surface area contributed by atoms with E-state index in [2.05, 4.69) is 21.8 Å². The van der Waals surface area contributed by atoms with Gasteiger partial charge in [0.1, 0.15) is 12.0 Å². The van der Waals surface area contributed by atoms with Crippen molar-refractivity contribution in [1.82, 2.24) is 24.7 Å². The minimum Gasteiger partial charge on any atom is -0.497 e. The number of nitrogens with zero attached hydrogens (tertiary/aromatic N) is 6. The Morgan fingerprint density at radius 2 is 1.75 bits per heavy atom. The summed E-state index contributed by atoms with van der Waals surface area (Å²) in [6.45, 7) is 4.68. The number of pyridine rings is 1. The van der Waals surface area contributed by atoms with Crippen molar-refractivity contribution in [2.45, 2.75) is 35.9 Å². The van der Waals surface area contributed by atoms with Crippen LogP contribution < -0.4 is 13.8 Å². The number of oxazole rings is 1. The van der Waals surface area contributed by atoms with Crippen molar-refractivity contribution in [2.75, 3.05) is 58.3 Å². The predicted octanol–water partition coefficient (Wildman–Crippen LogP) is 4.30. The van der Waals surface area contributed by atoms with Crippen molar-refractivity contribution < 1.29 is 27.1 Å². The van der Waals surface area contributed by atoms with E-state index in [0.717, 1.165) is 36.0 Å². The summed E-state index contributed by atoms with van der Waals surface area (Å²) in [6, 6.07) is 12.3. The van der Waals surface area contributed by atoms with E-state index in [1.165, 1.54) is 32.6 Å². The first-order valence-corrected chi connectivity index (χ1v) is 17.6. The van der Waals surface area contributed by atoms with Crippen molar-refractivity contribution in [3.8, 4) is 11.6 Å². The lowest BCUT2D eigenvalue weighted by Crippen LogP contribution is -2.55. The van der Waals surface area contributed by atoms with Gasteiger partial charge in [0, 0.05) is 61.6 Å². The number of benzene rings is 2. The van der Waals surface area contributed by atoms with Gasteiger partial charge in [-0.2, -0.15) is 0 Å². The molecule has 2 saturated heterocycles. The Morgan fingerprint density at radius 1 is 0.979 bits per heavy atom. The molecule has 4 aromatic rings. The largest absolute Gasteiger partial charge is 0.497 e. The van der Waals surface area contributed by atoms with Gasteiger partial charge in [-0.3, -0.25) is 14.6 Å². The van der Waals surface area contributed by atoms with Gasteiger partial charge in [-0.25, -0.2) is 22.7 Å². The number of carbonyl (C=O) groups excluding carboxylic acids is 1. The molecule has 2 aromatic heterocycles. The van der Waals surface area contributed by atoms with Crippen LogP contribution in [0.3, 0.4) is 0 Å². The number of hydrogen-bond donors (Lipinski definition) is 0. The number of hydrogen-bond acceptors (Lipinski definition) is 11. The lowest BCUT2D eigenvalue weighted by atomic mass is 9.81. The number of rotatable bonds is 9. The predicted molar refractivity (Wildman–Crippen MR) is 179 cm³/mol. The smallest absolute Gasteiger partial charge is 0.271 e. The number of piperazine rings is 1. The molecule has 1 amide bonds. The molecule has 0 spiro atoms. The number of methoxy groups -OCH3 is 2. The molecule has 48 heavy (non-hydrogen) atoms. The van der Waals surface area contributed by atoms with Crippen LogP contribution in [0.2, 0.25) is 5.02 Å². The summed E-state index contributed by atoms with van der Waals surface area (Å²) in [5.74, 6) is 0.436. The van der Waals surface area contributed by atoms with E-state index in [-0.39, 0.29) is 16.5 Å². The number of ether oxygens (including phenoxy) is 2. The number of likely N-dealkylation sites (tertiary alicyclic amines) is 1. The number of sulfonamides is 1. The van der Waals surface area contributed by atoms with Gasteiger partial charge in [-0.1, -0.05) is 11.6 Å². The lowest BCUT2D eigenvalue weighted by Gasteiger charge is -2.41. The summed E-state index contributed by atoms with van der Waals surface area (Å²) in [4.78, 5) is 31.3. The molecular weight excluding hydrogens is 656 g/mol. The molecule has 14 heteroatoms. The zero-order chi connectivity index (χ0) is 33.6. The first-order chi connectivity index (χ1) is 23.2. The van der Waals surface area contributed by atoms with Crippen LogP contribution in [-0.2, 0) is 26.9 Å². The summed E-state index contributed by atoms with van der Waals surface area (Å²) in [6.07, 6.45) is 6.17. The third-order valence-electron chi connectivity index (χ3n) is 9.57. The fourth-order valence-electron chi connectivity index (χ4n) is 7.22. The van der Waals surface area contributed by atoms with Crippen molar-refractivity contribution in [3.05, 3.63) is 94.8 Å². The van der Waals surface area contributed by atoms with Crippen LogP contribution in [0.5, 0.6) is 11.6 Å². The molecule has 3 aliphatic heterocycles. The Hall–Kier alpha value is -4.01. The van der Waals surface area contributed by atoms with E-state index in [4.69, 9.17) is 30.5 Å². The molecule has 0 saturated carbocycles. The molecule has 2 fully saturated rings. The molecule has 2 unspecified atom stereocenters. The van der Waals surface area contributed by atoms with Gasteiger partial charge in [0.05, 0.1) is 37.0 Å². The molecule has 0 aliphatic carbocycles. The number of fused-ring (bicyclic) bond motifs is 1. The van der Waals surface area contributed by atoms with Gasteiger partial charge >= 0.3 is 0 Å². The quantitative estimate of drug-likeness (QED) is 0.250. The highest BCUT2D eigenvalue weighted by molar-refractivity contribution is 7.93. The minimum absolute atomic E-state index is 0.0621. The van der Waals surface area contributed by atoms with Crippen LogP contribution in [0.25, 0.3) is 0 Å². The van der Waals surface area contributed by atoms with Crippen LogP contribution in [0.1, 0.15) is 41.5 Å². The highest BCUT2D eigenvalue weighted by Gasteiger charge is 2.63. The molecule has 252 valence electrons. The van der Waals surface area contributed by atoms with Crippen LogP contribution in [-0.4, -0.2) is 93.0 Å². The normalized spacial score (nSPS) is 22.3. The van der Waals surface area contributed by atoms with Crippen molar-refractivity contribution >= 4 is 33.2 Å². The van der Waals surface area contributed by atoms with E-state index in [9.17, 15) is 8.42 Å². The van der Waals surface area contributed by atoms with Gasteiger partial charge in [0.2, 0.25) is 11.8 Å². The van der Waals surface area contributed by atoms with Gasteiger partial charge in [-0.15, -0.1) is 0 Å². The molecule has 0 radical (unpaired) electrons. The van der Waals surface area contributed by atoms with E-state index in [1.54, 1.807) is 42.7 Å². The maximum atomic E-state index is 15.5. The van der Waals surface area contributed by atoms with Gasteiger partial charge in [0.25, 0.3) is 15.9 Å². The lowest BCUT2D eigenvalue weighted by molar-refractivity contribution is -0.127. The average molecular weight is 693 g/mol. The SMILES string of the molecule is COc1ccc(S(=O)(=O)N2C(=O)C(c3cc(CN4CCN(C)CC4)cnc3OC)(N3CCCC3c3ncco3)c3cc(Cl)ccc32)cc1. The Kier molecular flexibility index (Phi) is 8.67. The monoisotopic (exact) mass is 692 g/mol. The molecule has 12 nitrogen and oxygen atoms in total. The Labute approximate surface area is 284 Å². The Bertz CT molecular complexity index is 1920. The van der Waals surface area contributed by atoms with Gasteiger partial charge in [0.15, 0.2) is 5.54 Å². The number of likely N-dealkylation sites (N-methyl/N-ethyl adjacent to an activating group) is 1. The fourth-order valence-corrected chi connectivity index (χ4v) is 8.85. The van der Waals surface area contributed by atoms with Crippen LogP contribution in [0.15, 0.2) is 76.5 Å². The molecule has 0 bridgehead atoms. The van der Waals surface area contributed by atoms with E-state index >= 15 is 4.79 Å². The molecule has 3 aliphatic rings. The molecule has 7 rings (SSSR count). The second-order valence-corrected chi connectivity index (χ2v) is 14.5. The van der Waals surface area contributed by atoms with Gasteiger partial charge in [-0.05, 0) is 74.0 Å². The van der Waals surface area contributed by atoms with Crippen LogP contribution in [0.4, 0.5) is 5.69 Å². The zero-order valence-corrected chi connectivity index (χ0v) is 28.6. The number of anilines is 1. The van der Waals surface area contributed by atoms with Crippen LogP contribution >= 0.6 is 11.6 Å². The van der Waals surface area contributed by atoms with Crippen molar-refractivity contribution in [3.63, 3.8) is 0 Å². The first-order valence-electron chi connectivity index (χ1n) is 15.8. The molecule has 2 aromatic carbocycles. The maximum absolute atomic E-state index is 15.5.